The summed E-state index contributed by atoms with van der Waals surface area (Å²) in [4.78, 5) is 7.17. The second kappa shape index (κ2) is 7.01. The van der Waals surface area contributed by atoms with Crippen LogP contribution in [0.1, 0.15) is 5.69 Å². The number of nitrogens with zero attached hydrogens (tertiary/aromatic N) is 3. The Kier molecular flexibility index (Phi) is 4.99. The quantitative estimate of drug-likeness (QED) is 0.752. The summed E-state index contributed by atoms with van der Waals surface area (Å²) in [6.45, 7) is 6.16. The van der Waals surface area contributed by atoms with Crippen molar-refractivity contribution in [3.63, 3.8) is 0 Å². The van der Waals surface area contributed by atoms with E-state index < -0.39 is 0 Å². The molecule has 0 amide bonds. The van der Waals surface area contributed by atoms with E-state index in [0.29, 0.717) is 0 Å². The maximum Gasteiger partial charge on any atom is 0.137 e. The third-order valence-electron chi connectivity index (χ3n) is 4.46. The van der Waals surface area contributed by atoms with Gasteiger partial charge in [-0.1, -0.05) is 17.7 Å². The molecule has 0 unspecified atom stereocenters. The molecule has 4 nitrogen and oxygen atoms in total. The maximum absolute atomic E-state index is 6.49. The van der Waals surface area contributed by atoms with Crippen LogP contribution in [0, 0.1) is 6.92 Å². The van der Waals surface area contributed by atoms with E-state index in [0.717, 1.165) is 53.8 Å². The monoisotopic (exact) mass is 362 g/mol. The van der Waals surface area contributed by atoms with E-state index in [-0.39, 0.29) is 12.4 Å². The van der Waals surface area contributed by atoms with Gasteiger partial charge in [-0.05, 0) is 37.3 Å². The first-order chi connectivity index (χ1) is 11.2. The van der Waals surface area contributed by atoms with E-state index in [2.05, 4.69) is 33.7 Å². The van der Waals surface area contributed by atoms with Crippen molar-refractivity contribution in [2.75, 3.05) is 31.1 Å². The molecule has 1 N–H and O–H groups in total. The molecule has 1 fully saturated rings. The first-order valence-corrected chi connectivity index (χ1v) is 8.31. The van der Waals surface area contributed by atoms with Crippen molar-refractivity contribution in [2.24, 2.45) is 0 Å². The summed E-state index contributed by atoms with van der Waals surface area (Å²) in [6, 6.07) is 12.3. The Morgan fingerprint density at radius 1 is 1.12 bits per heavy atom. The molecule has 1 aromatic carbocycles. The van der Waals surface area contributed by atoms with Crippen LogP contribution in [0.15, 0.2) is 42.6 Å². The predicted octanol–water partition coefficient (Wildman–Crippen LogP) is 3.79. The van der Waals surface area contributed by atoms with Crippen molar-refractivity contribution in [1.29, 1.82) is 0 Å². The zero-order valence-corrected chi connectivity index (χ0v) is 15.1. The van der Waals surface area contributed by atoms with Crippen LogP contribution in [0.5, 0.6) is 0 Å². The van der Waals surface area contributed by atoms with Gasteiger partial charge in [0.15, 0.2) is 0 Å². The molecule has 3 aromatic rings. The van der Waals surface area contributed by atoms with Gasteiger partial charge in [0.1, 0.15) is 5.65 Å². The van der Waals surface area contributed by atoms with E-state index in [9.17, 15) is 0 Å². The van der Waals surface area contributed by atoms with E-state index >= 15 is 0 Å². The predicted molar refractivity (Wildman–Crippen MR) is 103 cm³/mol. The highest BCUT2D eigenvalue weighted by atomic mass is 35.5. The number of aryl methyl sites for hydroxylation is 1. The minimum atomic E-state index is 0. The fourth-order valence-corrected chi connectivity index (χ4v) is 3.39. The van der Waals surface area contributed by atoms with Gasteiger partial charge in [-0.15, -0.1) is 12.4 Å². The number of anilines is 1. The van der Waals surface area contributed by atoms with Crippen molar-refractivity contribution in [3.05, 3.63) is 53.3 Å². The van der Waals surface area contributed by atoms with E-state index in [4.69, 9.17) is 16.6 Å². The Balaban J connectivity index is 0.00000169. The molecular weight excluding hydrogens is 343 g/mol. The smallest absolute Gasteiger partial charge is 0.137 e. The first-order valence-electron chi connectivity index (χ1n) is 7.93. The van der Waals surface area contributed by atoms with Crippen LogP contribution < -0.4 is 10.2 Å². The number of rotatable bonds is 2. The molecule has 126 valence electrons. The summed E-state index contributed by atoms with van der Waals surface area (Å²) in [5.74, 6) is 0. The lowest BCUT2D eigenvalue weighted by Crippen LogP contribution is -2.43. The third kappa shape index (κ3) is 2.97. The molecule has 0 atom stereocenters. The molecule has 24 heavy (non-hydrogen) atoms. The number of hydrogen-bond acceptors (Lipinski definition) is 3. The molecule has 2 aromatic heterocycles. The number of piperazine rings is 1. The molecule has 4 rings (SSSR count). The zero-order valence-electron chi connectivity index (χ0n) is 13.5. The molecule has 0 spiro atoms. The highest BCUT2D eigenvalue weighted by Crippen LogP contribution is 2.33. The Morgan fingerprint density at radius 3 is 2.67 bits per heavy atom. The topological polar surface area (TPSA) is 32.6 Å². The van der Waals surface area contributed by atoms with Crippen LogP contribution in [0.2, 0.25) is 5.02 Å². The van der Waals surface area contributed by atoms with Crippen molar-refractivity contribution < 1.29 is 0 Å². The Labute approximate surface area is 152 Å². The van der Waals surface area contributed by atoms with Crippen molar-refractivity contribution in [2.45, 2.75) is 6.92 Å². The van der Waals surface area contributed by atoms with Gasteiger partial charge in [-0.3, -0.25) is 0 Å². The summed E-state index contributed by atoms with van der Waals surface area (Å²) < 4.78 is 2.10. The lowest BCUT2D eigenvalue weighted by molar-refractivity contribution is 0.589. The van der Waals surface area contributed by atoms with E-state index in [1.807, 2.05) is 30.5 Å². The summed E-state index contributed by atoms with van der Waals surface area (Å²) in [7, 11) is 0. The van der Waals surface area contributed by atoms with Gasteiger partial charge < -0.3 is 14.6 Å². The van der Waals surface area contributed by atoms with Crippen LogP contribution in [-0.4, -0.2) is 35.6 Å². The number of fused-ring (bicyclic) bond motifs is 1. The van der Waals surface area contributed by atoms with Gasteiger partial charge in [0.05, 0.1) is 10.7 Å². The number of pyridine rings is 1. The molecule has 0 saturated carbocycles. The fourth-order valence-electron chi connectivity index (χ4n) is 3.19. The zero-order chi connectivity index (χ0) is 15.8. The molecule has 1 aliphatic heterocycles. The van der Waals surface area contributed by atoms with Crippen LogP contribution in [0.3, 0.4) is 0 Å². The number of benzene rings is 1. The van der Waals surface area contributed by atoms with Crippen LogP contribution in [0.4, 0.5) is 5.69 Å². The summed E-state index contributed by atoms with van der Waals surface area (Å²) in [6.07, 6.45) is 2.04. The summed E-state index contributed by atoms with van der Waals surface area (Å²) >= 11 is 6.49. The maximum atomic E-state index is 6.49. The van der Waals surface area contributed by atoms with E-state index in [1.165, 1.54) is 5.69 Å². The molecular formula is C18H20Cl2N4. The molecule has 6 heteroatoms. The average molecular weight is 363 g/mol. The second-order valence-electron chi connectivity index (χ2n) is 5.88. The summed E-state index contributed by atoms with van der Waals surface area (Å²) in [5, 5.41) is 4.13. The number of halogens is 2. The van der Waals surface area contributed by atoms with Gasteiger partial charge >= 0.3 is 0 Å². The van der Waals surface area contributed by atoms with E-state index in [1.54, 1.807) is 0 Å². The number of nitrogens with one attached hydrogen (secondary N) is 1. The number of aromatic nitrogens is 2. The Hall–Kier alpha value is -1.75. The molecule has 0 bridgehead atoms. The highest BCUT2D eigenvalue weighted by Gasteiger charge is 2.16. The van der Waals surface area contributed by atoms with Gasteiger partial charge in [-0.25, -0.2) is 4.98 Å². The highest BCUT2D eigenvalue weighted by molar-refractivity contribution is 6.33. The van der Waals surface area contributed by atoms with Gasteiger partial charge in [0.2, 0.25) is 0 Å². The van der Waals surface area contributed by atoms with Crippen LogP contribution in [-0.2, 0) is 0 Å². The Bertz CT molecular complexity index is 853. The first kappa shape index (κ1) is 17.1. The average Bonchev–Trinajstić information content (AvgIpc) is 2.93. The van der Waals surface area contributed by atoms with Gasteiger partial charge in [0.25, 0.3) is 0 Å². The second-order valence-corrected chi connectivity index (χ2v) is 6.28. The van der Waals surface area contributed by atoms with Crippen LogP contribution in [0.25, 0.3) is 16.9 Å². The number of hydrogen-bond donors (Lipinski definition) is 1. The van der Waals surface area contributed by atoms with Crippen molar-refractivity contribution >= 4 is 35.3 Å². The summed E-state index contributed by atoms with van der Waals surface area (Å²) in [5.41, 5.74) is 5.23. The lowest BCUT2D eigenvalue weighted by atomic mass is 10.1. The lowest BCUT2D eigenvalue weighted by Gasteiger charge is -2.29. The third-order valence-corrected chi connectivity index (χ3v) is 4.79. The molecule has 0 radical (unpaired) electrons. The molecule has 1 saturated heterocycles. The van der Waals surface area contributed by atoms with Gasteiger partial charge in [-0.2, -0.15) is 0 Å². The van der Waals surface area contributed by atoms with Crippen molar-refractivity contribution in [3.8, 4) is 11.3 Å². The minimum absolute atomic E-state index is 0. The largest absolute Gasteiger partial charge is 0.369 e. The molecule has 0 aliphatic carbocycles. The number of imidazole rings is 1. The van der Waals surface area contributed by atoms with Gasteiger partial charge in [0, 0.05) is 49.3 Å². The normalized spacial score (nSPS) is 14.7. The minimum Gasteiger partial charge on any atom is -0.369 e. The van der Waals surface area contributed by atoms with Crippen LogP contribution >= 0.6 is 24.0 Å². The standard InChI is InChI=1S/C18H19ClN4.ClH/c1-13-18(21-17-4-2-3-9-23(13)17)15-12-14(5-6-16(15)19)22-10-7-20-8-11-22;/h2-6,9,12,20H,7-8,10-11H2,1H3;1H. The SMILES string of the molecule is Cc1c(-c2cc(N3CCNCC3)ccc2Cl)nc2ccccn12.Cl. The molecule has 3 heterocycles. The fraction of sp³-hybridized carbons (Fsp3) is 0.278. The Morgan fingerprint density at radius 2 is 1.92 bits per heavy atom. The molecule has 1 aliphatic rings. The van der Waals surface area contributed by atoms with Crippen molar-refractivity contribution in [1.82, 2.24) is 14.7 Å².